The van der Waals surface area contributed by atoms with Crippen LogP contribution in [0.3, 0.4) is 0 Å². The highest BCUT2D eigenvalue weighted by molar-refractivity contribution is 5.71. The Bertz CT molecular complexity index is 1400. The Labute approximate surface area is 399 Å². The fraction of sp³-hybridized carbons (Fsp3) is 0.610. The first-order valence-electron chi connectivity index (χ1n) is 26.0. The molecule has 0 aliphatic rings. The first-order valence-corrected chi connectivity index (χ1v) is 26.0. The second-order valence-corrected chi connectivity index (χ2v) is 16.7. The van der Waals surface area contributed by atoms with Gasteiger partial charge in [-0.15, -0.1) is 0 Å². The summed E-state index contributed by atoms with van der Waals surface area (Å²) in [5.74, 6) is -1.01. The number of allylic oxidation sites excluding steroid dienone is 20. The molecule has 1 atom stereocenters. The Balaban J connectivity index is 4.55. The third kappa shape index (κ3) is 50.7. The summed E-state index contributed by atoms with van der Waals surface area (Å²) in [6.45, 7) is 6.29. The van der Waals surface area contributed by atoms with Gasteiger partial charge in [-0.1, -0.05) is 194 Å². The molecule has 0 heterocycles. The molecule has 0 radical (unpaired) electrons. The van der Waals surface area contributed by atoms with Gasteiger partial charge in [-0.3, -0.25) is 14.4 Å². The van der Waals surface area contributed by atoms with Gasteiger partial charge < -0.3 is 14.2 Å². The van der Waals surface area contributed by atoms with E-state index in [2.05, 4.69) is 142 Å². The Morgan fingerprint density at radius 1 is 0.323 bits per heavy atom. The maximum absolute atomic E-state index is 12.8. The van der Waals surface area contributed by atoms with E-state index in [1.165, 1.54) is 38.5 Å². The number of hydrogen-bond donors (Lipinski definition) is 0. The van der Waals surface area contributed by atoms with Gasteiger partial charge in [0.1, 0.15) is 13.2 Å². The molecule has 0 amide bonds. The van der Waals surface area contributed by atoms with Crippen LogP contribution in [-0.2, 0) is 28.6 Å². The molecule has 0 rings (SSSR count). The second-order valence-electron chi connectivity index (χ2n) is 16.7. The summed E-state index contributed by atoms with van der Waals surface area (Å²) in [4.78, 5) is 38.0. The van der Waals surface area contributed by atoms with Gasteiger partial charge in [-0.05, 0) is 122 Å². The van der Waals surface area contributed by atoms with Gasteiger partial charge in [-0.25, -0.2) is 0 Å². The Morgan fingerprint density at radius 2 is 0.615 bits per heavy atom. The molecule has 0 aromatic rings. The molecule has 0 saturated carbocycles. The van der Waals surface area contributed by atoms with Crippen LogP contribution in [0, 0.1) is 0 Å². The molecule has 0 spiro atoms. The Hall–Kier alpha value is -4.19. The lowest BCUT2D eigenvalue weighted by molar-refractivity contribution is -0.167. The van der Waals surface area contributed by atoms with Gasteiger partial charge >= 0.3 is 17.9 Å². The molecule has 65 heavy (non-hydrogen) atoms. The van der Waals surface area contributed by atoms with Crippen LogP contribution in [0.1, 0.15) is 213 Å². The quantitative estimate of drug-likeness (QED) is 0.0262. The van der Waals surface area contributed by atoms with E-state index in [9.17, 15) is 14.4 Å². The van der Waals surface area contributed by atoms with Crippen molar-refractivity contribution in [2.45, 2.75) is 219 Å². The minimum absolute atomic E-state index is 0.116. The highest BCUT2D eigenvalue weighted by atomic mass is 16.6. The van der Waals surface area contributed by atoms with Gasteiger partial charge in [0, 0.05) is 19.3 Å². The number of hydrogen-bond acceptors (Lipinski definition) is 6. The normalized spacial score (nSPS) is 13.1. The van der Waals surface area contributed by atoms with Gasteiger partial charge in [0.05, 0.1) is 0 Å². The molecular formula is C59H94O6. The average molecular weight is 899 g/mol. The van der Waals surface area contributed by atoms with Crippen LogP contribution in [0.25, 0.3) is 0 Å². The number of carbonyl (C=O) groups excluding carboxylic acids is 3. The molecule has 0 N–H and O–H groups in total. The molecule has 0 saturated heterocycles. The van der Waals surface area contributed by atoms with E-state index in [-0.39, 0.29) is 37.5 Å². The minimum Gasteiger partial charge on any atom is -0.462 e. The molecule has 0 aromatic heterocycles. The van der Waals surface area contributed by atoms with Crippen molar-refractivity contribution in [2.24, 2.45) is 0 Å². The number of unbranched alkanes of at least 4 members (excludes halogenated alkanes) is 14. The molecule has 6 nitrogen and oxygen atoms in total. The van der Waals surface area contributed by atoms with E-state index in [1.54, 1.807) is 0 Å². The SMILES string of the molecule is CC/C=C\C/C=C\C/C=C\CCCCCCCCC(=O)OC(COC(=O)CCC/C=C\C/C=C\C/C=C\C/C=C\CCCCC)COC(=O)CCCCCC/C=C\C/C=C\C/C=C\CC. The summed E-state index contributed by atoms with van der Waals surface area (Å²) < 4.78 is 16.7. The maximum atomic E-state index is 12.8. The molecule has 0 aromatic carbocycles. The van der Waals surface area contributed by atoms with Crippen LogP contribution in [-0.4, -0.2) is 37.2 Å². The van der Waals surface area contributed by atoms with Gasteiger partial charge in [-0.2, -0.15) is 0 Å². The van der Waals surface area contributed by atoms with Gasteiger partial charge in [0.15, 0.2) is 6.10 Å². The van der Waals surface area contributed by atoms with Crippen molar-refractivity contribution in [2.75, 3.05) is 13.2 Å². The summed E-state index contributed by atoms with van der Waals surface area (Å²) in [6, 6.07) is 0. The van der Waals surface area contributed by atoms with Crippen LogP contribution in [0.15, 0.2) is 122 Å². The zero-order valence-electron chi connectivity index (χ0n) is 41.7. The number of carbonyl (C=O) groups is 3. The molecule has 0 aliphatic carbocycles. The molecule has 0 fully saturated rings. The Kier molecular flexibility index (Phi) is 49.1. The number of rotatable bonds is 45. The topological polar surface area (TPSA) is 78.9 Å². The van der Waals surface area contributed by atoms with E-state index in [0.29, 0.717) is 19.3 Å². The Morgan fingerprint density at radius 3 is 1.00 bits per heavy atom. The molecule has 0 bridgehead atoms. The summed E-state index contributed by atoms with van der Waals surface area (Å²) >= 11 is 0. The van der Waals surface area contributed by atoms with E-state index >= 15 is 0 Å². The van der Waals surface area contributed by atoms with Gasteiger partial charge in [0.25, 0.3) is 0 Å². The lowest BCUT2D eigenvalue weighted by Gasteiger charge is -2.18. The van der Waals surface area contributed by atoms with Gasteiger partial charge in [0.2, 0.25) is 0 Å². The predicted octanol–water partition coefficient (Wildman–Crippen LogP) is 17.3. The van der Waals surface area contributed by atoms with Crippen molar-refractivity contribution >= 4 is 17.9 Å². The fourth-order valence-corrected chi connectivity index (χ4v) is 6.58. The highest BCUT2D eigenvalue weighted by Crippen LogP contribution is 2.12. The summed E-state index contributed by atoms with van der Waals surface area (Å²) in [7, 11) is 0. The zero-order valence-corrected chi connectivity index (χ0v) is 41.7. The lowest BCUT2D eigenvalue weighted by Crippen LogP contribution is -2.30. The van der Waals surface area contributed by atoms with Crippen LogP contribution in [0.2, 0.25) is 0 Å². The van der Waals surface area contributed by atoms with Crippen molar-refractivity contribution in [1.29, 1.82) is 0 Å². The third-order valence-electron chi connectivity index (χ3n) is 10.4. The standard InChI is InChI=1S/C59H94O6/c1-4-7-10-13-16-19-22-25-28-30-32-34-37-40-43-46-49-52-58(61)64-55-56(54-63-57(60)51-48-45-42-39-36-33-27-24-21-18-15-12-9-6-3)65-59(62)53-50-47-44-41-38-35-31-29-26-23-20-17-14-11-8-5-2/h8-9,11-12,16-21,25-29,32-34,40,43,56H,4-7,10,13-15,22-24,30-31,35-39,41-42,44-55H2,1-3H3/b11-8-,12-9-,19-16-,20-17-,21-18-,28-25-,29-26-,33-27-,34-32-,43-40-. The van der Waals surface area contributed by atoms with Crippen molar-refractivity contribution in [3.8, 4) is 0 Å². The first kappa shape index (κ1) is 60.8. The molecule has 366 valence electrons. The van der Waals surface area contributed by atoms with Crippen LogP contribution in [0.5, 0.6) is 0 Å². The number of esters is 3. The first-order chi connectivity index (χ1) is 32.0. The van der Waals surface area contributed by atoms with Crippen LogP contribution < -0.4 is 0 Å². The molecule has 1 unspecified atom stereocenters. The smallest absolute Gasteiger partial charge is 0.306 e. The monoisotopic (exact) mass is 899 g/mol. The summed E-state index contributed by atoms with van der Waals surface area (Å²) in [6.07, 6.45) is 71.8. The second kappa shape index (κ2) is 52.4. The van der Waals surface area contributed by atoms with Crippen LogP contribution >= 0.6 is 0 Å². The average Bonchev–Trinajstić information content (AvgIpc) is 3.30. The molecule has 0 aliphatic heterocycles. The van der Waals surface area contributed by atoms with E-state index < -0.39 is 6.10 Å². The third-order valence-corrected chi connectivity index (χ3v) is 10.4. The van der Waals surface area contributed by atoms with Crippen LogP contribution in [0.4, 0.5) is 0 Å². The zero-order chi connectivity index (χ0) is 47.2. The minimum atomic E-state index is -0.820. The van der Waals surface area contributed by atoms with E-state index in [0.717, 1.165) is 128 Å². The summed E-state index contributed by atoms with van der Waals surface area (Å²) in [5.41, 5.74) is 0. The van der Waals surface area contributed by atoms with E-state index in [1.807, 2.05) is 0 Å². The summed E-state index contributed by atoms with van der Waals surface area (Å²) in [5, 5.41) is 0. The van der Waals surface area contributed by atoms with Crippen molar-refractivity contribution < 1.29 is 28.6 Å². The largest absolute Gasteiger partial charge is 0.462 e. The fourth-order valence-electron chi connectivity index (χ4n) is 6.58. The van der Waals surface area contributed by atoms with E-state index in [4.69, 9.17) is 14.2 Å². The molecular weight excluding hydrogens is 805 g/mol. The number of ether oxygens (including phenoxy) is 3. The highest BCUT2D eigenvalue weighted by Gasteiger charge is 2.19. The van der Waals surface area contributed by atoms with Crippen molar-refractivity contribution in [3.63, 3.8) is 0 Å². The van der Waals surface area contributed by atoms with Crippen molar-refractivity contribution in [3.05, 3.63) is 122 Å². The van der Waals surface area contributed by atoms with Crippen molar-refractivity contribution in [1.82, 2.24) is 0 Å². The maximum Gasteiger partial charge on any atom is 0.306 e. The molecule has 6 heteroatoms. The predicted molar refractivity (Wildman–Crippen MR) is 279 cm³/mol. The lowest BCUT2D eigenvalue weighted by atomic mass is 10.1.